The molecule has 114 valence electrons. The van der Waals surface area contributed by atoms with Gasteiger partial charge in [0.25, 0.3) is 0 Å². The Labute approximate surface area is 131 Å². The quantitative estimate of drug-likeness (QED) is 0.709. The van der Waals surface area contributed by atoms with Crippen LogP contribution in [0.3, 0.4) is 0 Å². The molecule has 0 unspecified atom stereocenters. The van der Waals surface area contributed by atoms with Gasteiger partial charge < -0.3 is 15.3 Å². The number of aliphatic hydroxyl groups is 1. The minimum atomic E-state index is -0.691. The van der Waals surface area contributed by atoms with Crippen molar-refractivity contribution in [2.45, 2.75) is 46.3 Å². The number of anilines is 1. The molecule has 0 radical (unpaired) electrons. The molecule has 0 spiro atoms. The third kappa shape index (κ3) is 5.81. The smallest absolute Gasteiger partial charge is 0.0765 e. The van der Waals surface area contributed by atoms with E-state index in [0.717, 1.165) is 36.2 Å². The maximum Gasteiger partial charge on any atom is 0.0765 e. The Kier molecular flexibility index (Phi) is 7.00. The molecule has 0 aliphatic carbocycles. The Bertz CT molecular complexity index is 415. The summed E-state index contributed by atoms with van der Waals surface area (Å²) in [6.07, 6.45) is 1.14. The average molecular weight is 343 g/mol. The van der Waals surface area contributed by atoms with E-state index in [2.05, 4.69) is 58.2 Å². The van der Waals surface area contributed by atoms with Crippen LogP contribution >= 0.6 is 15.9 Å². The molecule has 0 saturated carbocycles. The van der Waals surface area contributed by atoms with Crippen LogP contribution in [-0.4, -0.2) is 30.3 Å². The number of nitrogens with zero attached hydrogens (tertiary/aromatic N) is 1. The van der Waals surface area contributed by atoms with E-state index in [4.69, 9.17) is 0 Å². The van der Waals surface area contributed by atoms with Crippen LogP contribution in [0.2, 0.25) is 0 Å². The minimum Gasteiger partial charge on any atom is -0.389 e. The molecule has 0 atom stereocenters. The molecule has 0 saturated heterocycles. The molecule has 0 fully saturated rings. The van der Waals surface area contributed by atoms with Gasteiger partial charge in [0.2, 0.25) is 0 Å². The van der Waals surface area contributed by atoms with Crippen LogP contribution in [0.25, 0.3) is 0 Å². The average Bonchev–Trinajstić information content (AvgIpc) is 2.37. The molecule has 0 heterocycles. The van der Waals surface area contributed by atoms with Crippen molar-refractivity contribution in [3.8, 4) is 0 Å². The maximum atomic E-state index is 9.98. The van der Waals surface area contributed by atoms with Gasteiger partial charge in [-0.25, -0.2) is 0 Å². The van der Waals surface area contributed by atoms with Gasteiger partial charge in [-0.3, -0.25) is 0 Å². The summed E-state index contributed by atoms with van der Waals surface area (Å²) in [5, 5.41) is 13.4. The molecule has 20 heavy (non-hydrogen) atoms. The van der Waals surface area contributed by atoms with E-state index < -0.39 is 5.60 Å². The van der Waals surface area contributed by atoms with Crippen molar-refractivity contribution >= 4 is 21.6 Å². The second-order valence-electron chi connectivity index (χ2n) is 5.78. The first-order valence-electron chi connectivity index (χ1n) is 7.34. The highest BCUT2D eigenvalue weighted by atomic mass is 79.9. The highest BCUT2D eigenvalue weighted by Crippen LogP contribution is 2.25. The van der Waals surface area contributed by atoms with Crippen LogP contribution < -0.4 is 10.2 Å². The molecule has 4 heteroatoms. The third-order valence-electron chi connectivity index (χ3n) is 3.10. The summed E-state index contributed by atoms with van der Waals surface area (Å²) in [6.45, 7) is 11.4. The van der Waals surface area contributed by atoms with Crippen molar-refractivity contribution in [2.75, 3.05) is 24.5 Å². The second-order valence-corrected chi connectivity index (χ2v) is 6.63. The van der Waals surface area contributed by atoms with Crippen molar-refractivity contribution in [3.63, 3.8) is 0 Å². The lowest BCUT2D eigenvalue weighted by Crippen LogP contribution is -2.38. The fourth-order valence-electron chi connectivity index (χ4n) is 2.13. The Morgan fingerprint density at radius 2 is 2.00 bits per heavy atom. The lowest BCUT2D eigenvalue weighted by atomic mass is 10.1. The normalized spacial score (nSPS) is 11.7. The van der Waals surface area contributed by atoms with Crippen LogP contribution in [0.4, 0.5) is 5.69 Å². The molecule has 2 N–H and O–H groups in total. The predicted molar refractivity (Wildman–Crippen MR) is 90.3 cm³/mol. The first-order chi connectivity index (χ1) is 9.37. The SMILES string of the molecule is CCCNCc1ccc(N(CC)CC(C)(C)O)cc1Br. The van der Waals surface area contributed by atoms with E-state index in [1.165, 1.54) is 5.56 Å². The Hall–Kier alpha value is -0.580. The number of hydrogen-bond acceptors (Lipinski definition) is 3. The second kappa shape index (κ2) is 8.01. The molecule has 1 aromatic carbocycles. The van der Waals surface area contributed by atoms with Gasteiger partial charge in [0, 0.05) is 29.8 Å². The van der Waals surface area contributed by atoms with Gasteiger partial charge in [0.15, 0.2) is 0 Å². The summed E-state index contributed by atoms with van der Waals surface area (Å²) in [7, 11) is 0. The maximum absolute atomic E-state index is 9.98. The van der Waals surface area contributed by atoms with Gasteiger partial charge in [-0.1, -0.05) is 28.9 Å². The summed E-state index contributed by atoms with van der Waals surface area (Å²) in [6, 6.07) is 6.41. The molecule has 0 aliphatic rings. The van der Waals surface area contributed by atoms with Gasteiger partial charge in [-0.05, 0) is 51.4 Å². The van der Waals surface area contributed by atoms with Gasteiger partial charge in [0.05, 0.1) is 5.60 Å². The van der Waals surface area contributed by atoms with Crippen LogP contribution in [0.5, 0.6) is 0 Å². The minimum absolute atomic E-state index is 0.628. The highest BCUT2D eigenvalue weighted by Gasteiger charge is 2.18. The predicted octanol–water partition coefficient (Wildman–Crippen LogP) is 3.55. The summed E-state index contributed by atoms with van der Waals surface area (Å²) in [5.74, 6) is 0. The fourth-order valence-corrected chi connectivity index (χ4v) is 2.64. The Balaban J connectivity index is 2.78. The zero-order valence-corrected chi connectivity index (χ0v) is 14.6. The van der Waals surface area contributed by atoms with Crippen molar-refractivity contribution < 1.29 is 5.11 Å². The molecule has 0 amide bonds. The molecule has 3 nitrogen and oxygen atoms in total. The summed E-state index contributed by atoms with van der Waals surface area (Å²) in [4.78, 5) is 2.19. The van der Waals surface area contributed by atoms with Crippen molar-refractivity contribution in [1.29, 1.82) is 0 Å². The van der Waals surface area contributed by atoms with Crippen LogP contribution in [0, 0.1) is 0 Å². The summed E-state index contributed by atoms with van der Waals surface area (Å²) < 4.78 is 1.12. The Morgan fingerprint density at radius 1 is 1.30 bits per heavy atom. The van der Waals surface area contributed by atoms with E-state index >= 15 is 0 Å². The largest absolute Gasteiger partial charge is 0.389 e. The Morgan fingerprint density at radius 3 is 2.50 bits per heavy atom. The van der Waals surface area contributed by atoms with Crippen LogP contribution in [0.15, 0.2) is 22.7 Å². The topological polar surface area (TPSA) is 35.5 Å². The number of hydrogen-bond donors (Lipinski definition) is 2. The first-order valence-corrected chi connectivity index (χ1v) is 8.13. The molecule has 1 aromatic rings. The number of halogens is 1. The molecular formula is C16H27BrN2O. The van der Waals surface area contributed by atoms with Crippen LogP contribution in [0.1, 0.15) is 39.7 Å². The van der Waals surface area contributed by atoms with Crippen molar-refractivity contribution in [1.82, 2.24) is 5.32 Å². The molecule has 0 aromatic heterocycles. The molecule has 1 rings (SSSR count). The number of nitrogens with one attached hydrogen (secondary N) is 1. The highest BCUT2D eigenvalue weighted by molar-refractivity contribution is 9.10. The van der Waals surface area contributed by atoms with Crippen LogP contribution in [-0.2, 0) is 6.54 Å². The molecule has 0 bridgehead atoms. The number of benzene rings is 1. The third-order valence-corrected chi connectivity index (χ3v) is 3.84. The lowest BCUT2D eigenvalue weighted by Gasteiger charge is -2.30. The van der Waals surface area contributed by atoms with Gasteiger partial charge >= 0.3 is 0 Å². The van der Waals surface area contributed by atoms with E-state index in [1.807, 2.05) is 13.8 Å². The summed E-state index contributed by atoms with van der Waals surface area (Å²) in [5.41, 5.74) is 1.71. The first kappa shape index (κ1) is 17.5. The van der Waals surface area contributed by atoms with E-state index in [1.54, 1.807) is 0 Å². The van der Waals surface area contributed by atoms with Crippen molar-refractivity contribution in [2.24, 2.45) is 0 Å². The van der Waals surface area contributed by atoms with Crippen molar-refractivity contribution in [3.05, 3.63) is 28.2 Å². The zero-order chi connectivity index (χ0) is 15.2. The van der Waals surface area contributed by atoms with E-state index in [-0.39, 0.29) is 0 Å². The monoisotopic (exact) mass is 342 g/mol. The molecule has 0 aliphatic heterocycles. The molecular weight excluding hydrogens is 316 g/mol. The van der Waals surface area contributed by atoms with Gasteiger partial charge in [-0.15, -0.1) is 0 Å². The van der Waals surface area contributed by atoms with Gasteiger partial charge in [0.1, 0.15) is 0 Å². The number of rotatable bonds is 8. The number of likely N-dealkylation sites (N-methyl/N-ethyl adjacent to an activating group) is 1. The lowest BCUT2D eigenvalue weighted by molar-refractivity contribution is 0.0876. The summed E-state index contributed by atoms with van der Waals surface area (Å²) >= 11 is 3.65. The van der Waals surface area contributed by atoms with Gasteiger partial charge in [-0.2, -0.15) is 0 Å². The van der Waals surface area contributed by atoms with E-state index in [0.29, 0.717) is 6.54 Å². The van der Waals surface area contributed by atoms with E-state index in [9.17, 15) is 5.11 Å². The fraction of sp³-hybridized carbons (Fsp3) is 0.625. The standard InChI is InChI=1S/C16H27BrN2O/c1-5-9-18-11-13-7-8-14(10-15(13)17)19(6-2)12-16(3,4)20/h7-8,10,18,20H,5-6,9,11-12H2,1-4H3. The zero-order valence-electron chi connectivity index (χ0n) is 13.0.